The third-order valence-electron chi connectivity index (χ3n) is 2.40. The molecule has 0 saturated heterocycles. The molecule has 0 bridgehead atoms. The van der Waals surface area contributed by atoms with Gasteiger partial charge in [-0.1, -0.05) is 6.58 Å². The summed E-state index contributed by atoms with van der Waals surface area (Å²) in [6.45, 7) is 2.89. The standard InChI is InChI=1S/C9H11FN4O/c1-6(10)9(15)12-8-5-11-14(13-8)7-3-2-4-7/h5,7H,1-4H2,(H,12,13,15). The number of anilines is 1. The van der Waals surface area contributed by atoms with E-state index in [1.165, 1.54) is 12.6 Å². The molecule has 1 aromatic heterocycles. The molecule has 0 unspecified atom stereocenters. The summed E-state index contributed by atoms with van der Waals surface area (Å²) in [5.41, 5.74) is 0. The van der Waals surface area contributed by atoms with E-state index in [0.29, 0.717) is 6.04 Å². The van der Waals surface area contributed by atoms with Crippen molar-refractivity contribution >= 4 is 11.7 Å². The van der Waals surface area contributed by atoms with E-state index in [-0.39, 0.29) is 5.82 Å². The van der Waals surface area contributed by atoms with Crippen molar-refractivity contribution in [3.63, 3.8) is 0 Å². The van der Waals surface area contributed by atoms with E-state index in [4.69, 9.17) is 0 Å². The average molecular weight is 210 g/mol. The van der Waals surface area contributed by atoms with Gasteiger partial charge in [0.1, 0.15) is 0 Å². The largest absolute Gasteiger partial charge is 0.302 e. The molecule has 15 heavy (non-hydrogen) atoms. The summed E-state index contributed by atoms with van der Waals surface area (Å²) in [4.78, 5) is 12.5. The minimum Gasteiger partial charge on any atom is -0.302 e. The summed E-state index contributed by atoms with van der Waals surface area (Å²) >= 11 is 0. The lowest BCUT2D eigenvalue weighted by Crippen LogP contribution is -2.20. The Labute approximate surface area is 86.0 Å². The van der Waals surface area contributed by atoms with Crippen molar-refractivity contribution in [2.75, 3.05) is 5.32 Å². The Balaban J connectivity index is 2.00. The van der Waals surface area contributed by atoms with Crippen LogP contribution in [0.5, 0.6) is 0 Å². The molecule has 6 heteroatoms. The van der Waals surface area contributed by atoms with Gasteiger partial charge in [-0.2, -0.15) is 9.90 Å². The van der Waals surface area contributed by atoms with Crippen molar-refractivity contribution in [3.05, 3.63) is 18.6 Å². The van der Waals surface area contributed by atoms with Crippen LogP contribution < -0.4 is 5.32 Å². The van der Waals surface area contributed by atoms with Gasteiger partial charge >= 0.3 is 0 Å². The Hall–Kier alpha value is -1.72. The van der Waals surface area contributed by atoms with Gasteiger partial charge in [-0.3, -0.25) is 4.79 Å². The summed E-state index contributed by atoms with van der Waals surface area (Å²) in [5.74, 6) is -1.66. The van der Waals surface area contributed by atoms with Gasteiger partial charge in [0.15, 0.2) is 11.6 Å². The number of carbonyl (C=O) groups excluding carboxylic acids is 1. The summed E-state index contributed by atoms with van der Waals surface area (Å²) in [5, 5.41) is 10.3. The van der Waals surface area contributed by atoms with Crippen molar-refractivity contribution in [1.82, 2.24) is 15.0 Å². The van der Waals surface area contributed by atoms with Gasteiger partial charge in [-0.15, -0.1) is 5.10 Å². The van der Waals surface area contributed by atoms with Crippen LogP contribution in [0.1, 0.15) is 25.3 Å². The number of nitrogens with one attached hydrogen (secondary N) is 1. The van der Waals surface area contributed by atoms with Crippen LogP contribution in [-0.4, -0.2) is 20.9 Å². The lowest BCUT2D eigenvalue weighted by Gasteiger charge is -2.23. The van der Waals surface area contributed by atoms with Gasteiger partial charge in [-0.25, -0.2) is 4.39 Å². The van der Waals surface area contributed by atoms with Crippen LogP contribution in [-0.2, 0) is 4.79 Å². The molecule has 0 aliphatic heterocycles. The average Bonchev–Trinajstić information content (AvgIpc) is 2.49. The molecule has 1 amide bonds. The summed E-state index contributed by atoms with van der Waals surface area (Å²) in [6, 6.07) is 0.323. The lowest BCUT2D eigenvalue weighted by molar-refractivity contribution is -0.114. The number of hydrogen-bond acceptors (Lipinski definition) is 3. The topological polar surface area (TPSA) is 59.8 Å². The second-order valence-electron chi connectivity index (χ2n) is 3.49. The Bertz CT molecular complexity index is 397. The Morgan fingerprint density at radius 3 is 2.93 bits per heavy atom. The molecule has 1 aliphatic rings. The minimum atomic E-state index is -1.03. The van der Waals surface area contributed by atoms with Gasteiger partial charge in [0.25, 0.3) is 5.91 Å². The minimum absolute atomic E-state index is 0.255. The number of nitrogens with zero attached hydrogens (tertiary/aromatic N) is 3. The first-order valence-electron chi connectivity index (χ1n) is 4.74. The molecule has 1 heterocycles. The SMILES string of the molecule is C=C(F)C(=O)Nc1cnn(C2CCC2)n1. The molecule has 1 aliphatic carbocycles. The van der Waals surface area contributed by atoms with Crippen molar-refractivity contribution in [3.8, 4) is 0 Å². The zero-order valence-electron chi connectivity index (χ0n) is 8.11. The Kier molecular flexibility index (Phi) is 2.49. The Morgan fingerprint density at radius 2 is 2.40 bits per heavy atom. The first kappa shape index (κ1) is 9.82. The van der Waals surface area contributed by atoms with Crippen molar-refractivity contribution in [2.24, 2.45) is 0 Å². The lowest BCUT2D eigenvalue weighted by atomic mass is 9.94. The van der Waals surface area contributed by atoms with Gasteiger partial charge in [0.2, 0.25) is 0 Å². The highest BCUT2D eigenvalue weighted by Gasteiger charge is 2.21. The predicted octanol–water partition coefficient (Wildman–Crippen LogP) is 1.42. The third-order valence-corrected chi connectivity index (χ3v) is 2.40. The molecule has 2 rings (SSSR count). The highest BCUT2D eigenvalue weighted by atomic mass is 19.1. The molecule has 1 fully saturated rings. The zero-order chi connectivity index (χ0) is 10.8. The maximum atomic E-state index is 12.4. The molecule has 0 aromatic carbocycles. The van der Waals surface area contributed by atoms with E-state index in [9.17, 15) is 9.18 Å². The number of halogens is 1. The van der Waals surface area contributed by atoms with Gasteiger partial charge in [0, 0.05) is 0 Å². The van der Waals surface area contributed by atoms with Gasteiger partial charge in [-0.05, 0) is 19.3 Å². The maximum Gasteiger partial charge on any atom is 0.285 e. The van der Waals surface area contributed by atoms with Gasteiger partial charge in [0.05, 0.1) is 12.2 Å². The fraction of sp³-hybridized carbons (Fsp3) is 0.444. The van der Waals surface area contributed by atoms with E-state index in [2.05, 4.69) is 22.1 Å². The quantitative estimate of drug-likeness (QED) is 0.767. The van der Waals surface area contributed by atoms with Gasteiger partial charge < -0.3 is 5.32 Å². The number of hydrogen-bond donors (Lipinski definition) is 1. The predicted molar refractivity (Wildman–Crippen MR) is 51.8 cm³/mol. The highest BCUT2D eigenvalue weighted by molar-refractivity contribution is 6.00. The van der Waals surface area contributed by atoms with E-state index in [1.807, 2.05) is 0 Å². The normalized spacial score (nSPS) is 15.8. The molecule has 80 valence electrons. The number of amides is 1. The smallest absolute Gasteiger partial charge is 0.285 e. The van der Waals surface area contributed by atoms with E-state index < -0.39 is 11.7 Å². The molecule has 5 nitrogen and oxygen atoms in total. The molecule has 1 saturated carbocycles. The molecule has 0 spiro atoms. The first-order valence-corrected chi connectivity index (χ1v) is 4.74. The number of rotatable bonds is 3. The fourth-order valence-electron chi connectivity index (χ4n) is 1.31. The first-order chi connectivity index (χ1) is 7.16. The van der Waals surface area contributed by atoms with E-state index in [0.717, 1.165) is 12.8 Å². The van der Waals surface area contributed by atoms with E-state index in [1.54, 1.807) is 4.80 Å². The van der Waals surface area contributed by atoms with Crippen LogP contribution in [0, 0.1) is 0 Å². The second kappa shape index (κ2) is 3.80. The summed E-state index contributed by atoms with van der Waals surface area (Å²) in [7, 11) is 0. The van der Waals surface area contributed by atoms with Crippen LogP contribution in [0.4, 0.5) is 10.2 Å². The fourth-order valence-corrected chi connectivity index (χ4v) is 1.31. The second-order valence-corrected chi connectivity index (χ2v) is 3.49. The van der Waals surface area contributed by atoms with Crippen LogP contribution >= 0.6 is 0 Å². The molecular weight excluding hydrogens is 199 g/mol. The molecule has 0 atom stereocenters. The highest BCUT2D eigenvalue weighted by Crippen LogP contribution is 2.30. The summed E-state index contributed by atoms with van der Waals surface area (Å²) < 4.78 is 12.4. The van der Waals surface area contributed by atoms with Crippen molar-refractivity contribution in [1.29, 1.82) is 0 Å². The van der Waals surface area contributed by atoms with Crippen LogP contribution in [0.25, 0.3) is 0 Å². The van der Waals surface area contributed by atoms with Crippen LogP contribution in [0.3, 0.4) is 0 Å². The molecule has 0 radical (unpaired) electrons. The van der Waals surface area contributed by atoms with Crippen molar-refractivity contribution < 1.29 is 9.18 Å². The van der Waals surface area contributed by atoms with Crippen LogP contribution in [0.2, 0.25) is 0 Å². The molecule has 1 aromatic rings. The maximum absolute atomic E-state index is 12.4. The zero-order valence-corrected chi connectivity index (χ0v) is 8.11. The molecule has 1 N–H and O–H groups in total. The van der Waals surface area contributed by atoms with Crippen molar-refractivity contribution in [2.45, 2.75) is 25.3 Å². The van der Waals surface area contributed by atoms with Crippen LogP contribution in [0.15, 0.2) is 18.6 Å². The Morgan fingerprint density at radius 1 is 1.67 bits per heavy atom. The number of aromatic nitrogens is 3. The monoisotopic (exact) mass is 210 g/mol. The number of carbonyl (C=O) groups is 1. The summed E-state index contributed by atoms with van der Waals surface area (Å²) in [6.07, 6.45) is 4.68. The van der Waals surface area contributed by atoms with E-state index >= 15 is 0 Å². The molecular formula is C9H11FN4O. The third kappa shape index (κ3) is 2.03.